The summed E-state index contributed by atoms with van der Waals surface area (Å²) in [6, 6.07) is 10.3. The standard InChI is InChI=1S/C20H25N3O3S/c1-14-18(20(25)26)12-21-23(14)17-8-10-22(11-9-17)19(24)15(2)27-13-16-6-4-3-5-7-16/h3-7,12,15,17H,8-11,13H2,1-2H3,(H,25,26). The molecule has 3 rings (SSSR count). The molecule has 1 saturated heterocycles. The molecule has 1 aromatic heterocycles. The third-order valence-corrected chi connectivity index (χ3v) is 6.29. The highest BCUT2D eigenvalue weighted by Crippen LogP contribution is 2.27. The van der Waals surface area contributed by atoms with E-state index in [9.17, 15) is 14.7 Å². The third kappa shape index (κ3) is 4.53. The van der Waals surface area contributed by atoms with Crippen LogP contribution in [-0.2, 0) is 10.5 Å². The van der Waals surface area contributed by atoms with Crippen LogP contribution in [0.2, 0.25) is 0 Å². The van der Waals surface area contributed by atoms with Crippen molar-refractivity contribution in [3.63, 3.8) is 0 Å². The molecule has 1 aliphatic rings. The van der Waals surface area contributed by atoms with E-state index >= 15 is 0 Å². The Labute approximate surface area is 163 Å². The number of benzene rings is 1. The van der Waals surface area contributed by atoms with E-state index in [1.54, 1.807) is 23.4 Å². The van der Waals surface area contributed by atoms with Crippen molar-refractivity contribution < 1.29 is 14.7 Å². The van der Waals surface area contributed by atoms with Crippen molar-refractivity contribution in [2.75, 3.05) is 13.1 Å². The number of carboxylic acids is 1. The first-order valence-electron chi connectivity index (χ1n) is 9.19. The zero-order valence-corrected chi connectivity index (χ0v) is 16.5. The van der Waals surface area contributed by atoms with Crippen LogP contribution in [0.25, 0.3) is 0 Å². The average Bonchev–Trinajstić information content (AvgIpc) is 3.08. The molecular weight excluding hydrogens is 362 g/mol. The van der Waals surface area contributed by atoms with Gasteiger partial charge in [-0.15, -0.1) is 11.8 Å². The minimum absolute atomic E-state index is 0.0770. The van der Waals surface area contributed by atoms with Crippen molar-refractivity contribution in [3.05, 3.63) is 53.3 Å². The molecule has 0 bridgehead atoms. The van der Waals surface area contributed by atoms with Gasteiger partial charge in [0, 0.05) is 18.8 Å². The summed E-state index contributed by atoms with van der Waals surface area (Å²) in [7, 11) is 0. The Morgan fingerprint density at radius 3 is 2.52 bits per heavy atom. The molecule has 6 nitrogen and oxygen atoms in total. The van der Waals surface area contributed by atoms with E-state index < -0.39 is 5.97 Å². The van der Waals surface area contributed by atoms with Crippen LogP contribution >= 0.6 is 11.8 Å². The van der Waals surface area contributed by atoms with Gasteiger partial charge in [-0.1, -0.05) is 30.3 Å². The highest BCUT2D eigenvalue weighted by atomic mass is 32.2. The lowest BCUT2D eigenvalue weighted by Crippen LogP contribution is -2.42. The van der Waals surface area contributed by atoms with Gasteiger partial charge in [0.05, 0.1) is 23.2 Å². The summed E-state index contributed by atoms with van der Waals surface area (Å²) in [6.07, 6.45) is 3.00. The zero-order valence-electron chi connectivity index (χ0n) is 15.7. The fourth-order valence-electron chi connectivity index (χ4n) is 3.46. The van der Waals surface area contributed by atoms with Gasteiger partial charge >= 0.3 is 5.97 Å². The minimum atomic E-state index is -0.948. The van der Waals surface area contributed by atoms with E-state index in [2.05, 4.69) is 17.2 Å². The van der Waals surface area contributed by atoms with Gasteiger partial charge in [-0.3, -0.25) is 9.48 Å². The maximum Gasteiger partial charge on any atom is 0.339 e. The molecule has 27 heavy (non-hydrogen) atoms. The number of carboxylic acid groups (broad SMARTS) is 1. The van der Waals surface area contributed by atoms with Crippen molar-refractivity contribution in [2.24, 2.45) is 0 Å². The Bertz CT molecular complexity index is 798. The average molecular weight is 388 g/mol. The number of aromatic carboxylic acids is 1. The number of hydrogen-bond acceptors (Lipinski definition) is 4. The number of aromatic nitrogens is 2. The largest absolute Gasteiger partial charge is 0.478 e. The molecule has 2 heterocycles. The van der Waals surface area contributed by atoms with Gasteiger partial charge in [-0.25, -0.2) is 4.79 Å². The van der Waals surface area contributed by atoms with E-state index in [0.29, 0.717) is 18.8 Å². The van der Waals surface area contributed by atoms with Crippen molar-refractivity contribution in [3.8, 4) is 0 Å². The zero-order chi connectivity index (χ0) is 19.4. The Kier molecular flexibility index (Phi) is 6.21. The predicted molar refractivity (Wildman–Crippen MR) is 106 cm³/mol. The Morgan fingerprint density at radius 1 is 1.26 bits per heavy atom. The summed E-state index contributed by atoms with van der Waals surface area (Å²) < 4.78 is 1.80. The lowest BCUT2D eigenvalue weighted by molar-refractivity contribution is -0.131. The second-order valence-corrected chi connectivity index (χ2v) is 8.22. The molecule has 1 aliphatic heterocycles. The van der Waals surface area contributed by atoms with E-state index in [0.717, 1.165) is 18.6 Å². The molecule has 0 spiro atoms. The molecule has 2 aromatic rings. The number of amides is 1. The van der Waals surface area contributed by atoms with Crippen LogP contribution in [0, 0.1) is 6.92 Å². The lowest BCUT2D eigenvalue weighted by Gasteiger charge is -2.34. The quantitative estimate of drug-likeness (QED) is 0.822. The second-order valence-electron chi connectivity index (χ2n) is 6.89. The van der Waals surface area contributed by atoms with E-state index in [4.69, 9.17) is 0 Å². The normalized spacial score (nSPS) is 16.3. The van der Waals surface area contributed by atoms with Crippen molar-refractivity contribution >= 4 is 23.6 Å². The van der Waals surface area contributed by atoms with E-state index in [1.807, 2.05) is 30.0 Å². The smallest absolute Gasteiger partial charge is 0.339 e. The van der Waals surface area contributed by atoms with Crippen LogP contribution in [0.15, 0.2) is 36.5 Å². The summed E-state index contributed by atoms with van der Waals surface area (Å²) in [4.78, 5) is 25.8. The number of likely N-dealkylation sites (tertiary alicyclic amines) is 1. The summed E-state index contributed by atoms with van der Waals surface area (Å²) in [5.74, 6) is 0.0581. The Balaban J connectivity index is 1.52. The summed E-state index contributed by atoms with van der Waals surface area (Å²) in [5.41, 5.74) is 2.16. The molecule has 1 fully saturated rings. The van der Waals surface area contributed by atoms with Crippen LogP contribution in [0.4, 0.5) is 0 Å². The molecule has 0 saturated carbocycles. The molecule has 1 amide bonds. The fraction of sp³-hybridized carbons (Fsp3) is 0.450. The second kappa shape index (κ2) is 8.61. The molecule has 0 aliphatic carbocycles. The van der Waals surface area contributed by atoms with Crippen LogP contribution in [0.3, 0.4) is 0 Å². The van der Waals surface area contributed by atoms with E-state index in [1.165, 1.54) is 11.8 Å². The number of piperidine rings is 1. The molecule has 1 unspecified atom stereocenters. The first kappa shape index (κ1) is 19.5. The van der Waals surface area contributed by atoms with Crippen molar-refractivity contribution in [1.82, 2.24) is 14.7 Å². The SMILES string of the molecule is Cc1c(C(=O)O)cnn1C1CCN(C(=O)C(C)SCc2ccccc2)CC1. The maximum atomic E-state index is 12.7. The third-order valence-electron chi connectivity index (χ3n) is 5.09. The number of rotatable bonds is 6. The summed E-state index contributed by atoms with van der Waals surface area (Å²) >= 11 is 1.66. The summed E-state index contributed by atoms with van der Waals surface area (Å²) in [5, 5.41) is 13.4. The number of nitrogens with zero attached hydrogens (tertiary/aromatic N) is 3. The minimum Gasteiger partial charge on any atom is -0.478 e. The number of carbonyl (C=O) groups excluding carboxylic acids is 1. The molecule has 7 heteroatoms. The molecule has 0 radical (unpaired) electrons. The van der Waals surface area contributed by atoms with Crippen LogP contribution in [-0.4, -0.2) is 50.0 Å². The monoisotopic (exact) mass is 387 g/mol. The topological polar surface area (TPSA) is 75.4 Å². The summed E-state index contributed by atoms with van der Waals surface area (Å²) in [6.45, 7) is 5.12. The Hall–Kier alpha value is -2.28. The number of thioether (sulfide) groups is 1. The predicted octanol–water partition coefficient (Wildman–Crippen LogP) is 3.38. The molecule has 144 valence electrons. The Morgan fingerprint density at radius 2 is 1.93 bits per heavy atom. The molecule has 1 atom stereocenters. The maximum absolute atomic E-state index is 12.7. The van der Waals surface area contributed by atoms with Gasteiger partial charge in [-0.2, -0.15) is 5.10 Å². The van der Waals surface area contributed by atoms with Gasteiger partial charge in [0.1, 0.15) is 5.56 Å². The van der Waals surface area contributed by atoms with Gasteiger partial charge in [0.25, 0.3) is 0 Å². The van der Waals surface area contributed by atoms with Crippen LogP contribution in [0.1, 0.15) is 47.4 Å². The molecule has 1 N–H and O–H groups in total. The van der Waals surface area contributed by atoms with Gasteiger partial charge in [-0.05, 0) is 32.3 Å². The lowest BCUT2D eigenvalue weighted by atomic mass is 10.0. The molecular formula is C20H25N3O3S. The highest BCUT2D eigenvalue weighted by Gasteiger charge is 2.28. The van der Waals surface area contributed by atoms with Gasteiger partial charge in [0.15, 0.2) is 0 Å². The number of hydrogen-bond donors (Lipinski definition) is 1. The number of carbonyl (C=O) groups is 2. The van der Waals surface area contributed by atoms with Gasteiger partial charge in [0.2, 0.25) is 5.91 Å². The molecule has 1 aromatic carbocycles. The van der Waals surface area contributed by atoms with Gasteiger partial charge < -0.3 is 10.0 Å². The fourth-order valence-corrected chi connectivity index (χ4v) is 4.38. The van der Waals surface area contributed by atoms with Crippen LogP contribution < -0.4 is 0 Å². The highest BCUT2D eigenvalue weighted by molar-refractivity contribution is 7.99. The van der Waals surface area contributed by atoms with Crippen LogP contribution in [0.5, 0.6) is 0 Å². The first-order valence-corrected chi connectivity index (χ1v) is 10.2. The van der Waals surface area contributed by atoms with Crippen molar-refractivity contribution in [1.29, 1.82) is 0 Å². The van der Waals surface area contributed by atoms with E-state index in [-0.39, 0.29) is 22.8 Å². The van der Waals surface area contributed by atoms with Crippen molar-refractivity contribution in [2.45, 2.75) is 43.7 Å². The first-order chi connectivity index (χ1) is 13.0.